The van der Waals surface area contributed by atoms with Crippen LogP contribution in [0.25, 0.3) is 5.69 Å². The first kappa shape index (κ1) is 24.3. The SMILES string of the molecule is CN(C(=O)n1nnn(-c2c(F)cccc2F)c1=O)c1cc(C(=O)O)ccc1OCCc1ccccc1. The summed E-state index contributed by atoms with van der Waals surface area (Å²) >= 11 is 0. The molecule has 0 atom stereocenters. The molecule has 0 saturated carbocycles. The summed E-state index contributed by atoms with van der Waals surface area (Å²) in [5.74, 6) is -3.22. The highest BCUT2D eigenvalue weighted by Crippen LogP contribution is 2.30. The monoisotopic (exact) mass is 495 g/mol. The van der Waals surface area contributed by atoms with Crippen LogP contribution in [0.3, 0.4) is 0 Å². The summed E-state index contributed by atoms with van der Waals surface area (Å²) in [5, 5.41) is 16.3. The molecule has 0 aliphatic carbocycles. The second-order valence-corrected chi connectivity index (χ2v) is 7.57. The fraction of sp³-hybridized carbons (Fsp3) is 0.125. The van der Waals surface area contributed by atoms with E-state index in [0.717, 1.165) is 28.7 Å². The summed E-state index contributed by atoms with van der Waals surface area (Å²) in [6.07, 6.45) is 0.542. The zero-order valence-electron chi connectivity index (χ0n) is 18.8. The Morgan fingerprint density at radius 2 is 1.69 bits per heavy atom. The van der Waals surface area contributed by atoms with Crippen molar-refractivity contribution in [2.75, 3.05) is 18.6 Å². The third-order valence-corrected chi connectivity index (χ3v) is 5.26. The van der Waals surface area contributed by atoms with E-state index >= 15 is 0 Å². The average Bonchev–Trinajstić information content (AvgIpc) is 3.24. The van der Waals surface area contributed by atoms with Crippen molar-refractivity contribution in [1.29, 1.82) is 0 Å². The molecule has 1 heterocycles. The number of carbonyl (C=O) groups excluding carboxylic acids is 1. The molecule has 0 radical (unpaired) electrons. The summed E-state index contributed by atoms with van der Waals surface area (Å²) < 4.78 is 34.7. The van der Waals surface area contributed by atoms with Gasteiger partial charge >= 0.3 is 17.7 Å². The number of para-hydroxylation sites is 1. The van der Waals surface area contributed by atoms with Crippen molar-refractivity contribution in [3.63, 3.8) is 0 Å². The first-order valence-electron chi connectivity index (χ1n) is 10.6. The molecule has 0 bridgehead atoms. The van der Waals surface area contributed by atoms with Crippen molar-refractivity contribution in [1.82, 2.24) is 19.8 Å². The van der Waals surface area contributed by atoms with Crippen LogP contribution < -0.4 is 15.3 Å². The summed E-state index contributed by atoms with van der Waals surface area (Å²) in [6.45, 7) is 0.216. The van der Waals surface area contributed by atoms with Gasteiger partial charge in [0.25, 0.3) is 0 Å². The number of anilines is 1. The third-order valence-electron chi connectivity index (χ3n) is 5.26. The highest BCUT2D eigenvalue weighted by Gasteiger charge is 2.25. The van der Waals surface area contributed by atoms with Crippen LogP contribution in [0.5, 0.6) is 5.75 Å². The average molecular weight is 495 g/mol. The first-order valence-corrected chi connectivity index (χ1v) is 10.6. The van der Waals surface area contributed by atoms with Gasteiger partial charge in [-0.2, -0.15) is 4.68 Å². The molecule has 0 saturated heterocycles. The number of nitrogens with zero attached hydrogens (tertiary/aromatic N) is 5. The molecule has 184 valence electrons. The lowest BCUT2D eigenvalue weighted by Crippen LogP contribution is -2.39. The molecule has 0 aliphatic rings. The van der Waals surface area contributed by atoms with Gasteiger partial charge in [-0.05, 0) is 46.3 Å². The Balaban J connectivity index is 1.64. The maximum absolute atomic E-state index is 14.1. The second-order valence-electron chi connectivity index (χ2n) is 7.57. The Kier molecular flexibility index (Phi) is 6.86. The maximum Gasteiger partial charge on any atom is 0.377 e. The van der Waals surface area contributed by atoms with Gasteiger partial charge in [0.2, 0.25) is 0 Å². The van der Waals surface area contributed by atoms with E-state index in [1.807, 2.05) is 30.3 Å². The third kappa shape index (κ3) is 4.82. The van der Waals surface area contributed by atoms with E-state index in [-0.39, 0.29) is 23.6 Å². The summed E-state index contributed by atoms with van der Waals surface area (Å²) in [5.41, 5.74) is -1.11. The second kappa shape index (κ2) is 10.2. The molecule has 0 unspecified atom stereocenters. The van der Waals surface area contributed by atoms with Gasteiger partial charge in [-0.3, -0.25) is 4.90 Å². The molecule has 12 heteroatoms. The van der Waals surface area contributed by atoms with Crippen molar-refractivity contribution < 1.29 is 28.2 Å². The summed E-state index contributed by atoms with van der Waals surface area (Å²) in [7, 11) is 1.27. The molecular weight excluding hydrogens is 476 g/mol. The highest BCUT2D eigenvalue weighted by molar-refractivity contribution is 5.96. The molecular formula is C24H19F2N5O5. The molecule has 0 spiro atoms. The fourth-order valence-corrected chi connectivity index (χ4v) is 3.40. The van der Waals surface area contributed by atoms with Crippen molar-refractivity contribution in [2.24, 2.45) is 0 Å². The minimum absolute atomic E-state index is 0.0338. The molecule has 0 fully saturated rings. The van der Waals surface area contributed by atoms with E-state index in [1.54, 1.807) is 0 Å². The Morgan fingerprint density at radius 1 is 1.00 bits per heavy atom. The number of carboxylic acid groups (broad SMARTS) is 1. The van der Waals surface area contributed by atoms with Crippen LogP contribution in [0.15, 0.2) is 71.5 Å². The van der Waals surface area contributed by atoms with Crippen LogP contribution in [0.1, 0.15) is 15.9 Å². The Hall–Kier alpha value is -4.87. The minimum Gasteiger partial charge on any atom is -0.491 e. The Labute approximate surface area is 202 Å². The van der Waals surface area contributed by atoms with Crippen molar-refractivity contribution in [3.05, 3.63) is 100.0 Å². The summed E-state index contributed by atoms with van der Waals surface area (Å²) in [6, 6.07) is 15.3. The van der Waals surface area contributed by atoms with Crippen molar-refractivity contribution in [2.45, 2.75) is 6.42 Å². The lowest BCUT2D eigenvalue weighted by molar-refractivity contribution is 0.0697. The van der Waals surface area contributed by atoms with Gasteiger partial charge in [0.15, 0.2) is 11.6 Å². The Morgan fingerprint density at radius 3 is 2.36 bits per heavy atom. The zero-order chi connectivity index (χ0) is 25.8. The van der Waals surface area contributed by atoms with Crippen LogP contribution in [0.4, 0.5) is 19.3 Å². The molecule has 3 aromatic carbocycles. The van der Waals surface area contributed by atoms with Gasteiger partial charge in [-0.15, -0.1) is 4.68 Å². The van der Waals surface area contributed by atoms with Gasteiger partial charge in [0.05, 0.1) is 17.9 Å². The van der Waals surface area contributed by atoms with E-state index in [9.17, 15) is 28.3 Å². The maximum atomic E-state index is 14.1. The van der Waals surface area contributed by atoms with Crippen LogP contribution in [0.2, 0.25) is 0 Å². The van der Waals surface area contributed by atoms with Gasteiger partial charge < -0.3 is 9.84 Å². The Bertz CT molecular complexity index is 1470. The lowest BCUT2D eigenvalue weighted by atomic mass is 10.1. The number of ether oxygens (including phenoxy) is 1. The predicted molar refractivity (Wildman–Crippen MR) is 124 cm³/mol. The fourth-order valence-electron chi connectivity index (χ4n) is 3.40. The number of carbonyl (C=O) groups is 2. The molecule has 1 N–H and O–H groups in total. The first-order chi connectivity index (χ1) is 17.3. The number of carboxylic acids is 1. The number of hydrogen-bond donors (Lipinski definition) is 1. The van der Waals surface area contributed by atoms with Gasteiger partial charge in [0.1, 0.15) is 11.4 Å². The number of rotatable bonds is 7. The largest absolute Gasteiger partial charge is 0.491 e. The van der Waals surface area contributed by atoms with E-state index < -0.39 is 35.0 Å². The number of hydrogen-bond acceptors (Lipinski definition) is 6. The highest BCUT2D eigenvalue weighted by atomic mass is 19.1. The standard InChI is InChI=1S/C24H19F2N5O5/c1-29(23(34)31-24(35)30(27-28-31)21-17(25)8-5-9-18(21)26)19-14-16(22(32)33)10-11-20(19)36-13-12-15-6-3-2-4-7-15/h2-11,14H,12-13H2,1H3,(H,32,33). The molecule has 10 nitrogen and oxygen atoms in total. The predicted octanol–water partition coefficient (Wildman–Crippen LogP) is 3.13. The number of aromatic carboxylic acids is 1. The quantitative estimate of drug-likeness (QED) is 0.391. The molecule has 4 rings (SSSR count). The van der Waals surface area contributed by atoms with Gasteiger partial charge in [-0.25, -0.2) is 23.2 Å². The summed E-state index contributed by atoms with van der Waals surface area (Å²) in [4.78, 5) is 38.3. The number of halogens is 2. The number of benzene rings is 3. The van der Waals surface area contributed by atoms with Crippen molar-refractivity contribution in [3.8, 4) is 11.4 Å². The van der Waals surface area contributed by atoms with Crippen molar-refractivity contribution >= 4 is 17.7 Å². The lowest BCUT2D eigenvalue weighted by Gasteiger charge is -2.20. The smallest absolute Gasteiger partial charge is 0.377 e. The van der Waals surface area contributed by atoms with Crippen LogP contribution in [-0.2, 0) is 6.42 Å². The van der Waals surface area contributed by atoms with E-state index in [0.29, 0.717) is 15.8 Å². The van der Waals surface area contributed by atoms with E-state index in [4.69, 9.17) is 4.74 Å². The zero-order valence-corrected chi connectivity index (χ0v) is 18.8. The van der Waals surface area contributed by atoms with E-state index in [2.05, 4.69) is 10.4 Å². The van der Waals surface area contributed by atoms with Crippen LogP contribution >= 0.6 is 0 Å². The van der Waals surface area contributed by atoms with Crippen LogP contribution in [-0.4, -0.2) is 50.6 Å². The van der Waals surface area contributed by atoms with Crippen LogP contribution in [0, 0.1) is 11.6 Å². The molecule has 0 aliphatic heterocycles. The normalized spacial score (nSPS) is 10.8. The molecule has 1 aromatic heterocycles. The molecule has 1 amide bonds. The number of aromatic nitrogens is 4. The number of tetrazole rings is 1. The minimum atomic E-state index is -1.24. The molecule has 36 heavy (non-hydrogen) atoms. The number of amides is 1. The topological polar surface area (TPSA) is 120 Å². The van der Waals surface area contributed by atoms with Gasteiger partial charge in [0, 0.05) is 13.5 Å². The van der Waals surface area contributed by atoms with Gasteiger partial charge in [-0.1, -0.05) is 36.4 Å². The van der Waals surface area contributed by atoms with E-state index in [1.165, 1.54) is 25.2 Å². The molecule has 4 aromatic rings.